The predicted molar refractivity (Wildman–Crippen MR) is 119 cm³/mol. The Labute approximate surface area is 177 Å². The van der Waals surface area contributed by atoms with Gasteiger partial charge in [-0.1, -0.05) is 66.7 Å². The van der Waals surface area contributed by atoms with Gasteiger partial charge >= 0.3 is 0 Å². The molecule has 0 aliphatic rings. The molecule has 0 heterocycles. The molecule has 0 saturated carbocycles. The molecule has 0 bridgehead atoms. The fraction of sp³-hybridized carbons (Fsp3) is 0.250. The second-order valence-electron chi connectivity index (χ2n) is 7.01. The number of phenols is 1. The van der Waals surface area contributed by atoms with E-state index in [1.54, 1.807) is 6.07 Å². The number of hydrogen-bond acceptors (Lipinski definition) is 2. The number of halogens is 2. The number of phenolic OH excluding ortho intramolecular Hbond substituents is 1. The molecule has 3 aromatic carbocycles. The summed E-state index contributed by atoms with van der Waals surface area (Å²) in [5.74, 6) is -0.515. The Morgan fingerprint density at radius 1 is 0.893 bits per heavy atom. The second-order valence-corrected chi connectivity index (χ2v) is 7.01. The van der Waals surface area contributed by atoms with E-state index in [2.05, 4.69) is 60.8 Å². The summed E-state index contributed by atoms with van der Waals surface area (Å²) in [5, 5.41) is 12.9. The van der Waals surface area contributed by atoms with Crippen LogP contribution in [-0.2, 0) is 6.42 Å². The van der Waals surface area contributed by atoms with Crippen molar-refractivity contribution in [3.8, 4) is 5.75 Å². The number of aromatic hydroxyl groups is 1. The normalized spacial score (nSPS) is 11.8. The van der Waals surface area contributed by atoms with Gasteiger partial charge in [0.05, 0.1) is 0 Å². The van der Waals surface area contributed by atoms with Crippen molar-refractivity contribution in [2.24, 2.45) is 0 Å². The Balaban J connectivity index is 0.00000280. The molecule has 0 saturated heterocycles. The molecule has 0 radical (unpaired) electrons. The lowest BCUT2D eigenvalue weighted by molar-refractivity contribution is 0.431. The minimum Gasteiger partial charge on any atom is -0.505 e. The molecule has 2 nitrogen and oxygen atoms in total. The smallest absolute Gasteiger partial charge is 0.165 e. The largest absolute Gasteiger partial charge is 0.505 e. The van der Waals surface area contributed by atoms with Crippen molar-refractivity contribution < 1.29 is 9.50 Å². The zero-order valence-corrected chi connectivity index (χ0v) is 17.7. The first-order valence-electron chi connectivity index (χ1n) is 9.44. The van der Waals surface area contributed by atoms with E-state index in [0.29, 0.717) is 5.92 Å². The summed E-state index contributed by atoms with van der Waals surface area (Å²) in [6.07, 6.45) is 1.71. The number of rotatable bonds is 8. The highest BCUT2D eigenvalue weighted by Crippen LogP contribution is 2.27. The van der Waals surface area contributed by atoms with E-state index in [9.17, 15) is 9.50 Å². The predicted octanol–water partition coefficient (Wildman–Crippen LogP) is 5.85. The summed E-state index contributed by atoms with van der Waals surface area (Å²) in [4.78, 5) is 0. The third kappa shape index (κ3) is 6.18. The molecule has 1 unspecified atom stereocenters. The molecule has 0 amide bonds. The summed E-state index contributed by atoms with van der Waals surface area (Å²) in [6, 6.07) is 26.0. The Bertz CT molecular complexity index is 802. The SMILES string of the molecule is Br.CC(Cc1ccc(O)c(F)c1)NCCC(c1ccccc1)c1ccccc1. The van der Waals surface area contributed by atoms with Crippen molar-refractivity contribution >= 4 is 17.0 Å². The van der Waals surface area contributed by atoms with Crippen molar-refractivity contribution in [2.75, 3.05) is 6.54 Å². The van der Waals surface area contributed by atoms with Gasteiger partial charge in [-0.3, -0.25) is 0 Å². The van der Waals surface area contributed by atoms with Crippen LogP contribution >= 0.6 is 17.0 Å². The van der Waals surface area contributed by atoms with Gasteiger partial charge in [0.1, 0.15) is 0 Å². The molecule has 3 aromatic rings. The first-order chi connectivity index (χ1) is 13.1. The molecule has 148 valence electrons. The van der Waals surface area contributed by atoms with E-state index >= 15 is 0 Å². The van der Waals surface area contributed by atoms with E-state index in [0.717, 1.165) is 24.9 Å². The van der Waals surface area contributed by atoms with Crippen molar-refractivity contribution in [3.63, 3.8) is 0 Å². The molecule has 28 heavy (non-hydrogen) atoms. The quantitative estimate of drug-likeness (QED) is 0.457. The van der Waals surface area contributed by atoms with Gasteiger partial charge in [-0.15, -0.1) is 17.0 Å². The lowest BCUT2D eigenvalue weighted by Gasteiger charge is -2.20. The summed E-state index contributed by atoms with van der Waals surface area (Å²) >= 11 is 0. The highest BCUT2D eigenvalue weighted by molar-refractivity contribution is 8.93. The monoisotopic (exact) mass is 443 g/mol. The molecule has 1 atom stereocenters. The third-order valence-electron chi connectivity index (χ3n) is 4.88. The zero-order valence-electron chi connectivity index (χ0n) is 16.0. The van der Waals surface area contributed by atoms with Crippen LogP contribution in [0.1, 0.15) is 36.0 Å². The Morgan fingerprint density at radius 3 is 2.00 bits per heavy atom. The van der Waals surface area contributed by atoms with E-state index in [1.165, 1.54) is 23.3 Å². The lowest BCUT2D eigenvalue weighted by atomic mass is 9.88. The van der Waals surface area contributed by atoms with Crippen LogP contribution in [-0.4, -0.2) is 17.7 Å². The molecule has 0 aromatic heterocycles. The fourth-order valence-corrected chi connectivity index (χ4v) is 3.47. The average Bonchev–Trinajstić information content (AvgIpc) is 2.69. The van der Waals surface area contributed by atoms with Crippen LogP contribution in [0.3, 0.4) is 0 Å². The van der Waals surface area contributed by atoms with Crippen LogP contribution in [0, 0.1) is 5.82 Å². The lowest BCUT2D eigenvalue weighted by Crippen LogP contribution is -2.30. The van der Waals surface area contributed by atoms with E-state index in [4.69, 9.17) is 0 Å². The maximum absolute atomic E-state index is 13.5. The average molecular weight is 444 g/mol. The van der Waals surface area contributed by atoms with Crippen LogP contribution in [0.25, 0.3) is 0 Å². The van der Waals surface area contributed by atoms with Crippen LogP contribution in [0.15, 0.2) is 78.9 Å². The molecular formula is C24H27BrFNO. The highest BCUT2D eigenvalue weighted by Gasteiger charge is 2.14. The van der Waals surface area contributed by atoms with Crippen molar-refractivity contribution in [1.29, 1.82) is 0 Å². The van der Waals surface area contributed by atoms with Gasteiger partial charge in [-0.25, -0.2) is 4.39 Å². The number of nitrogens with one attached hydrogen (secondary N) is 1. The third-order valence-corrected chi connectivity index (χ3v) is 4.88. The van der Waals surface area contributed by atoms with Gasteiger partial charge in [0, 0.05) is 12.0 Å². The van der Waals surface area contributed by atoms with Crippen LogP contribution in [0.2, 0.25) is 0 Å². The number of hydrogen-bond donors (Lipinski definition) is 2. The maximum atomic E-state index is 13.5. The Morgan fingerprint density at radius 2 is 1.46 bits per heavy atom. The summed E-state index contributed by atoms with van der Waals surface area (Å²) < 4.78 is 13.5. The molecule has 0 aliphatic heterocycles. The summed E-state index contributed by atoms with van der Waals surface area (Å²) in [5.41, 5.74) is 3.52. The van der Waals surface area contributed by atoms with Gasteiger partial charge in [0.25, 0.3) is 0 Å². The molecular weight excluding hydrogens is 417 g/mol. The molecule has 4 heteroatoms. The van der Waals surface area contributed by atoms with E-state index in [-0.39, 0.29) is 28.8 Å². The molecule has 3 rings (SSSR count). The first kappa shape index (κ1) is 22.1. The minimum absolute atomic E-state index is 0. The van der Waals surface area contributed by atoms with Crippen molar-refractivity contribution in [2.45, 2.75) is 31.7 Å². The first-order valence-corrected chi connectivity index (χ1v) is 9.44. The Hall–Kier alpha value is -2.17. The molecule has 0 aliphatic carbocycles. The topological polar surface area (TPSA) is 32.3 Å². The molecule has 0 spiro atoms. The number of benzene rings is 3. The molecule has 0 fully saturated rings. The van der Waals surface area contributed by atoms with Gasteiger partial charge in [-0.2, -0.15) is 0 Å². The van der Waals surface area contributed by atoms with Crippen molar-refractivity contribution in [3.05, 3.63) is 101 Å². The van der Waals surface area contributed by atoms with Gasteiger partial charge in [-0.05, 0) is 55.1 Å². The summed E-state index contributed by atoms with van der Waals surface area (Å²) in [6.45, 7) is 2.97. The fourth-order valence-electron chi connectivity index (χ4n) is 3.47. The maximum Gasteiger partial charge on any atom is 0.165 e. The minimum atomic E-state index is -0.562. The van der Waals surface area contributed by atoms with Crippen LogP contribution in [0.4, 0.5) is 4.39 Å². The van der Waals surface area contributed by atoms with Gasteiger partial charge < -0.3 is 10.4 Å². The van der Waals surface area contributed by atoms with Gasteiger partial charge in [0.2, 0.25) is 0 Å². The van der Waals surface area contributed by atoms with Crippen LogP contribution in [0.5, 0.6) is 5.75 Å². The standard InChI is InChI=1S/C24H26FNO.BrH/c1-18(16-19-12-13-24(27)23(25)17-19)26-15-14-22(20-8-4-2-5-9-20)21-10-6-3-7-11-21;/h2-13,17-18,22,26-27H,14-16H2,1H3;1H. The van der Waals surface area contributed by atoms with Crippen molar-refractivity contribution in [1.82, 2.24) is 5.32 Å². The van der Waals surface area contributed by atoms with E-state index in [1.807, 2.05) is 12.1 Å². The van der Waals surface area contributed by atoms with Gasteiger partial charge in [0.15, 0.2) is 11.6 Å². The zero-order chi connectivity index (χ0) is 19.1. The Kier molecular flexibility index (Phi) is 8.68. The second kappa shape index (κ2) is 11.0. The van der Waals surface area contributed by atoms with E-state index < -0.39 is 5.82 Å². The summed E-state index contributed by atoms with van der Waals surface area (Å²) in [7, 11) is 0. The molecule has 2 N–H and O–H groups in total. The van der Waals surface area contributed by atoms with Crippen LogP contribution < -0.4 is 5.32 Å². The highest BCUT2D eigenvalue weighted by atomic mass is 79.9.